The minimum absolute atomic E-state index is 0.734. The predicted octanol–water partition coefficient (Wildman–Crippen LogP) is 2.68. The van der Waals surface area contributed by atoms with E-state index in [0.29, 0.717) is 0 Å². The zero-order valence-corrected chi connectivity index (χ0v) is 10.9. The summed E-state index contributed by atoms with van der Waals surface area (Å²) >= 11 is 8.21. The molecule has 0 saturated carbocycles. The standard InChI is InChI=1S/C10H13ClINO/c1-14-5-4-13-7-8-2-3-10(12)9(11)6-8/h2-3,6,13H,4-5,7H2,1H3. The van der Waals surface area contributed by atoms with Crippen LogP contribution in [0.4, 0.5) is 0 Å². The van der Waals surface area contributed by atoms with E-state index < -0.39 is 0 Å². The Labute approximate surface area is 103 Å². The fourth-order valence-corrected chi connectivity index (χ4v) is 1.60. The second kappa shape index (κ2) is 6.61. The average Bonchev–Trinajstić information content (AvgIpc) is 2.18. The lowest BCUT2D eigenvalue weighted by atomic mass is 10.2. The zero-order chi connectivity index (χ0) is 10.4. The Morgan fingerprint density at radius 3 is 2.93 bits per heavy atom. The number of halogens is 2. The lowest BCUT2D eigenvalue weighted by molar-refractivity contribution is 0.199. The van der Waals surface area contributed by atoms with Gasteiger partial charge in [0.05, 0.1) is 11.6 Å². The molecule has 0 amide bonds. The molecule has 0 heterocycles. The van der Waals surface area contributed by atoms with Crippen LogP contribution in [-0.2, 0) is 11.3 Å². The van der Waals surface area contributed by atoms with E-state index in [2.05, 4.69) is 34.0 Å². The molecule has 0 atom stereocenters. The van der Waals surface area contributed by atoms with Gasteiger partial charge in [-0.3, -0.25) is 0 Å². The van der Waals surface area contributed by atoms with Crippen LogP contribution in [-0.4, -0.2) is 20.3 Å². The molecule has 0 radical (unpaired) electrons. The third-order valence-electron chi connectivity index (χ3n) is 1.80. The van der Waals surface area contributed by atoms with Gasteiger partial charge in [0.15, 0.2) is 0 Å². The molecule has 0 saturated heterocycles. The lowest BCUT2D eigenvalue weighted by Crippen LogP contribution is -2.18. The molecule has 4 heteroatoms. The fraction of sp³-hybridized carbons (Fsp3) is 0.400. The van der Waals surface area contributed by atoms with E-state index in [1.54, 1.807) is 7.11 Å². The number of rotatable bonds is 5. The maximum absolute atomic E-state index is 5.99. The van der Waals surface area contributed by atoms with E-state index in [0.717, 1.165) is 28.3 Å². The van der Waals surface area contributed by atoms with Crippen LogP contribution >= 0.6 is 34.2 Å². The Balaban J connectivity index is 2.39. The molecule has 0 bridgehead atoms. The van der Waals surface area contributed by atoms with Gasteiger partial charge in [0.25, 0.3) is 0 Å². The highest BCUT2D eigenvalue weighted by Gasteiger charge is 1.98. The first-order chi connectivity index (χ1) is 6.74. The molecule has 0 spiro atoms. The maximum Gasteiger partial charge on any atom is 0.0587 e. The molecule has 0 fully saturated rings. The Bertz CT molecular complexity index is 293. The van der Waals surface area contributed by atoms with Gasteiger partial charge in [0, 0.05) is 23.8 Å². The maximum atomic E-state index is 5.99. The van der Waals surface area contributed by atoms with Crippen molar-refractivity contribution in [2.45, 2.75) is 6.54 Å². The van der Waals surface area contributed by atoms with Crippen molar-refractivity contribution in [3.8, 4) is 0 Å². The highest BCUT2D eigenvalue weighted by atomic mass is 127. The van der Waals surface area contributed by atoms with Crippen molar-refractivity contribution in [3.63, 3.8) is 0 Å². The summed E-state index contributed by atoms with van der Waals surface area (Å²) in [7, 11) is 1.70. The van der Waals surface area contributed by atoms with Gasteiger partial charge in [-0.1, -0.05) is 17.7 Å². The molecule has 1 aromatic rings. The van der Waals surface area contributed by atoms with Crippen molar-refractivity contribution < 1.29 is 4.74 Å². The van der Waals surface area contributed by atoms with Crippen LogP contribution in [0.1, 0.15) is 5.56 Å². The first-order valence-electron chi connectivity index (χ1n) is 4.37. The molecule has 14 heavy (non-hydrogen) atoms. The molecule has 0 aliphatic rings. The summed E-state index contributed by atoms with van der Waals surface area (Å²) in [5.74, 6) is 0. The van der Waals surface area contributed by atoms with Crippen LogP contribution in [0.25, 0.3) is 0 Å². The predicted molar refractivity (Wildman–Crippen MR) is 67.8 cm³/mol. The number of benzene rings is 1. The molecule has 1 rings (SSSR count). The van der Waals surface area contributed by atoms with Crippen molar-refractivity contribution in [3.05, 3.63) is 32.4 Å². The summed E-state index contributed by atoms with van der Waals surface area (Å²) in [6, 6.07) is 6.09. The minimum atomic E-state index is 0.734. The average molecular weight is 326 g/mol. The highest BCUT2D eigenvalue weighted by molar-refractivity contribution is 14.1. The van der Waals surface area contributed by atoms with E-state index in [1.807, 2.05) is 12.1 Å². The van der Waals surface area contributed by atoms with Crippen molar-refractivity contribution in [2.75, 3.05) is 20.3 Å². The summed E-state index contributed by atoms with van der Waals surface area (Å²) in [4.78, 5) is 0. The van der Waals surface area contributed by atoms with E-state index >= 15 is 0 Å². The summed E-state index contributed by atoms with van der Waals surface area (Å²) in [6.45, 7) is 2.43. The van der Waals surface area contributed by atoms with Gasteiger partial charge in [-0.25, -0.2) is 0 Å². The first-order valence-corrected chi connectivity index (χ1v) is 5.83. The topological polar surface area (TPSA) is 21.3 Å². The summed E-state index contributed by atoms with van der Waals surface area (Å²) in [6.07, 6.45) is 0. The smallest absolute Gasteiger partial charge is 0.0587 e. The fourth-order valence-electron chi connectivity index (χ4n) is 1.06. The van der Waals surface area contributed by atoms with Gasteiger partial charge in [-0.05, 0) is 40.3 Å². The number of nitrogens with one attached hydrogen (secondary N) is 1. The Morgan fingerprint density at radius 1 is 1.50 bits per heavy atom. The summed E-state index contributed by atoms with van der Waals surface area (Å²) in [5, 5.41) is 4.08. The van der Waals surface area contributed by atoms with Crippen LogP contribution in [0.15, 0.2) is 18.2 Å². The first kappa shape index (κ1) is 12.2. The number of methoxy groups -OCH3 is 1. The van der Waals surface area contributed by atoms with Crippen molar-refractivity contribution >= 4 is 34.2 Å². The van der Waals surface area contributed by atoms with E-state index in [1.165, 1.54) is 5.56 Å². The normalized spacial score (nSPS) is 10.5. The molecule has 0 aromatic heterocycles. The second-order valence-corrected chi connectivity index (χ2v) is 4.49. The minimum Gasteiger partial charge on any atom is -0.383 e. The van der Waals surface area contributed by atoms with Gasteiger partial charge in [-0.2, -0.15) is 0 Å². The van der Waals surface area contributed by atoms with Gasteiger partial charge in [-0.15, -0.1) is 0 Å². The van der Waals surface area contributed by atoms with Gasteiger partial charge in [0.1, 0.15) is 0 Å². The van der Waals surface area contributed by atoms with Crippen LogP contribution in [0.5, 0.6) is 0 Å². The SMILES string of the molecule is COCCNCc1ccc(I)c(Cl)c1. The quantitative estimate of drug-likeness (QED) is 0.664. The van der Waals surface area contributed by atoms with Crippen LogP contribution in [0, 0.1) is 3.57 Å². The molecule has 0 aliphatic heterocycles. The van der Waals surface area contributed by atoms with Crippen molar-refractivity contribution in [1.29, 1.82) is 0 Å². The van der Waals surface area contributed by atoms with Gasteiger partial charge in [0.2, 0.25) is 0 Å². The third kappa shape index (κ3) is 4.13. The summed E-state index contributed by atoms with van der Waals surface area (Å²) in [5.41, 5.74) is 1.20. The number of hydrogen-bond donors (Lipinski definition) is 1. The largest absolute Gasteiger partial charge is 0.383 e. The Hall–Kier alpha value is 0.160. The molecule has 2 nitrogen and oxygen atoms in total. The monoisotopic (exact) mass is 325 g/mol. The lowest BCUT2D eigenvalue weighted by Gasteiger charge is -2.05. The van der Waals surface area contributed by atoms with Crippen molar-refractivity contribution in [1.82, 2.24) is 5.32 Å². The third-order valence-corrected chi connectivity index (χ3v) is 3.37. The van der Waals surface area contributed by atoms with E-state index in [4.69, 9.17) is 16.3 Å². The Kier molecular flexibility index (Phi) is 5.77. The molecule has 1 aromatic carbocycles. The second-order valence-electron chi connectivity index (χ2n) is 2.92. The molecule has 1 N–H and O–H groups in total. The Morgan fingerprint density at radius 2 is 2.29 bits per heavy atom. The van der Waals surface area contributed by atoms with E-state index in [9.17, 15) is 0 Å². The zero-order valence-electron chi connectivity index (χ0n) is 8.02. The molecular weight excluding hydrogens is 312 g/mol. The number of ether oxygens (including phenoxy) is 1. The summed E-state index contributed by atoms with van der Waals surface area (Å²) < 4.78 is 6.02. The van der Waals surface area contributed by atoms with Gasteiger partial charge < -0.3 is 10.1 Å². The molecule has 78 valence electrons. The molecule has 0 aliphatic carbocycles. The van der Waals surface area contributed by atoms with Crippen LogP contribution in [0.3, 0.4) is 0 Å². The molecular formula is C10H13ClINO. The van der Waals surface area contributed by atoms with Crippen LogP contribution < -0.4 is 5.32 Å². The van der Waals surface area contributed by atoms with Crippen molar-refractivity contribution in [2.24, 2.45) is 0 Å². The van der Waals surface area contributed by atoms with Gasteiger partial charge >= 0.3 is 0 Å². The van der Waals surface area contributed by atoms with E-state index in [-0.39, 0.29) is 0 Å². The van der Waals surface area contributed by atoms with Crippen LogP contribution in [0.2, 0.25) is 5.02 Å². The number of hydrogen-bond acceptors (Lipinski definition) is 2. The molecule has 0 unspecified atom stereocenters. The highest BCUT2D eigenvalue weighted by Crippen LogP contribution is 2.19.